The zero-order valence-corrected chi connectivity index (χ0v) is 20.5. The molecule has 4 heterocycles. The van der Waals surface area contributed by atoms with Crippen LogP contribution >= 0.6 is 0 Å². The van der Waals surface area contributed by atoms with Crippen LogP contribution in [0.5, 0.6) is 0 Å². The highest BCUT2D eigenvalue weighted by molar-refractivity contribution is 5.82. The van der Waals surface area contributed by atoms with Gasteiger partial charge in [0.2, 0.25) is 18.1 Å². The monoisotopic (exact) mass is 474 g/mol. The number of nitriles is 1. The molecule has 10 nitrogen and oxygen atoms in total. The van der Waals surface area contributed by atoms with Gasteiger partial charge in [0, 0.05) is 81.9 Å². The fourth-order valence-corrected chi connectivity index (χ4v) is 5.72. The van der Waals surface area contributed by atoms with Crippen LogP contribution in [0, 0.1) is 18.4 Å². The number of nitrogens with two attached hydrogens (primary N) is 1. The van der Waals surface area contributed by atoms with Gasteiger partial charge in [-0.15, -0.1) is 4.99 Å². The Morgan fingerprint density at radius 3 is 2.34 bits per heavy atom. The molecule has 2 N–H and O–H groups in total. The quantitative estimate of drug-likeness (QED) is 0.405. The maximum atomic E-state index is 9.43. The normalized spacial score (nSPS) is 20.3. The van der Waals surface area contributed by atoms with Crippen molar-refractivity contribution in [1.82, 2.24) is 29.7 Å². The number of aryl methyl sites for hydroxylation is 1. The van der Waals surface area contributed by atoms with Crippen LogP contribution in [0.2, 0.25) is 0 Å². The van der Waals surface area contributed by atoms with E-state index in [0.29, 0.717) is 0 Å². The van der Waals surface area contributed by atoms with E-state index in [2.05, 4.69) is 45.7 Å². The zero-order chi connectivity index (χ0) is 24.2. The largest absolute Gasteiger partial charge is 0.368 e. The molecule has 3 fully saturated rings. The first kappa shape index (κ1) is 23.3. The molecule has 0 aromatic carbocycles. The average Bonchev–Trinajstić information content (AvgIpc) is 3.43. The molecule has 0 radical (unpaired) electrons. The van der Waals surface area contributed by atoms with Crippen molar-refractivity contribution >= 4 is 17.7 Å². The van der Waals surface area contributed by atoms with Gasteiger partial charge in [-0.2, -0.15) is 10.2 Å². The molecule has 2 saturated heterocycles. The van der Waals surface area contributed by atoms with Crippen molar-refractivity contribution in [3.63, 3.8) is 0 Å². The number of nitrogen functional groups attached to an aromatic ring is 1. The number of pyridine rings is 1. The minimum Gasteiger partial charge on any atom is -0.368 e. The second-order valence-corrected chi connectivity index (χ2v) is 9.55. The molecule has 0 unspecified atom stereocenters. The molecule has 1 aliphatic carbocycles. The lowest BCUT2D eigenvalue weighted by atomic mass is 10.1. The van der Waals surface area contributed by atoms with Gasteiger partial charge in [0.25, 0.3) is 0 Å². The smallest absolute Gasteiger partial charge is 0.222 e. The number of hydrogen-bond acceptors (Lipinski definition) is 8. The van der Waals surface area contributed by atoms with Gasteiger partial charge in [-0.3, -0.25) is 9.88 Å². The Morgan fingerprint density at radius 2 is 1.71 bits per heavy atom. The number of anilines is 2. The van der Waals surface area contributed by atoms with Crippen LogP contribution in [0.1, 0.15) is 31.4 Å². The van der Waals surface area contributed by atoms with E-state index in [4.69, 9.17) is 5.73 Å². The number of nitrogens with zero attached hydrogens (tertiary/aromatic N) is 9. The second-order valence-electron chi connectivity index (χ2n) is 9.55. The average molecular weight is 475 g/mol. The summed E-state index contributed by atoms with van der Waals surface area (Å²) < 4.78 is 0. The summed E-state index contributed by atoms with van der Waals surface area (Å²) in [6.07, 6.45) is 11.0. The molecule has 2 aromatic heterocycles. The maximum Gasteiger partial charge on any atom is 0.222 e. The lowest BCUT2D eigenvalue weighted by Crippen LogP contribution is -2.58. The summed E-state index contributed by atoms with van der Waals surface area (Å²) in [6, 6.07) is 4.69. The Labute approximate surface area is 207 Å². The maximum absolute atomic E-state index is 9.43. The molecule has 5 rings (SSSR count). The molecule has 3 aliphatic rings. The van der Waals surface area contributed by atoms with Gasteiger partial charge in [0.1, 0.15) is 5.82 Å². The van der Waals surface area contributed by atoms with Crippen molar-refractivity contribution in [3.8, 4) is 17.3 Å². The zero-order valence-electron chi connectivity index (χ0n) is 20.5. The summed E-state index contributed by atoms with van der Waals surface area (Å²) in [5.41, 5.74) is 8.83. The summed E-state index contributed by atoms with van der Waals surface area (Å²) in [5.74, 6) is 1.93. The number of piperazine rings is 2. The summed E-state index contributed by atoms with van der Waals surface area (Å²) >= 11 is 0. The minimum atomic E-state index is 0.277. The van der Waals surface area contributed by atoms with Crippen LogP contribution in [0.25, 0.3) is 11.1 Å². The topological polar surface area (TPSA) is 114 Å². The number of rotatable bonds is 3. The predicted molar refractivity (Wildman–Crippen MR) is 137 cm³/mol. The Balaban J connectivity index is 1.28. The van der Waals surface area contributed by atoms with Gasteiger partial charge in [-0.25, -0.2) is 4.98 Å². The van der Waals surface area contributed by atoms with Crippen LogP contribution in [-0.2, 0) is 0 Å². The lowest BCUT2D eigenvalue weighted by molar-refractivity contribution is 0.125. The van der Waals surface area contributed by atoms with Crippen LogP contribution in [0.15, 0.2) is 29.5 Å². The van der Waals surface area contributed by atoms with E-state index in [1.54, 1.807) is 6.20 Å². The fraction of sp³-hybridized carbons (Fsp3) is 0.560. The van der Waals surface area contributed by atoms with E-state index in [-0.39, 0.29) is 5.95 Å². The first-order valence-corrected chi connectivity index (χ1v) is 12.6. The van der Waals surface area contributed by atoms with Crippen LogP contribution < -0.4 is 10.6 Å². The molecule has 0 atom stereocenters. The Morgan fingerprint density at radius 1 is 1.03 bits per heavy atom. The van der Waals surface area contributed by atoms with E-state index in [9.17, 15) is 5.26 Å². The van der Waals surface area contributed by atoms with E-state index < -0.39 is 0 Å². The summed E-state index contributed by atoms with van der Waals surface area (Å²) in [5, 5.41) is 9.43. The fourth-order valence-electron chi connectivity index (χ4n) is 5.72. The first-order valence-electron chi connectivity index (χ1n) is 12.6. The summed E-state index contributed by atoms with van der Waals surface area (Å²) in [4.78, 5) is 27.0. The predicted octanol–water partition coefficient (Wildman–Crippen LogP) is 1.95. The van der Waals surface area contributed by atoms with E-state index in [1.165, 1.54) is 25.7 Å². The van der Waals surface area contributed by atoms with Gasteiger partial charge in [0.05, 0.1) is 5.69 Å². The van der Waals surface area contributed by atoms with E-state index >= 15 is 0 Å². The van der Waals surface area contributed by atoms with Crippen LogP contribution in [0.3, 0.4) is 0 Å². The minimum absolute atomic E-state index is 0.277. The third-order valence-electron chi connectivity index (χ3n) is 7.49. The number of aromatic nitrogens is 3. The van der Waals surface area contributed by atoms with Crippen LogP contribution in [-0.4, -0.2) is 94.0 Å². The third kappa shape index (κ3) is 5.00. The van der Waals surface area contributed by atoms with E-state index in [1.807, 2.05) is 25.3 Å². The second kappa shape index (κ2) is 10.4. The van der Waals surface area contributed by atoms with Gasteiger partial charge in [0.15, 0.2) is 0 Å². The molecule has 2 aromatic rings. The van der Waals surface area contributed by atoms with Crippen molar-refractivity contribution in [2.45, 2.75) is 38.6 Å². The molecule has 0 spiro atoms. The van der Waals surface area contributed by atoms with Crippen molar-refractivity contribution < 1.29 is 0 Å². The summed E-state index contributed by atoms with van der Waals surface area (Å²) in [6.45, 7) is 8.94. The van der Waals surface area contributed by atoms with E-state index in [0.717, 1.165) is 87.0 Å². The number of guanidine groups is 1. The third-order valence-corrected chi connectivity index (χ3v) is 7.49. The Hall–Kier alpha value is -3.45. The SMILES string of the molecule is Cc1nc(N)nc(N2CCN(/C(=N\C#N)N3CCN(C4CCCC4)CC3)CC2)c1-c1cccnc1. The van der Waals surface area contributed by atoms with Gasteiger partial charge < -0.3 is 20.4 Å². The summed E-state index contributed by atoms with van der Waals surface area (Å²) in [7, 11) is 0. The number of hydrogen-bond donors (Lipinski definition) is 1. The molecular formula is C25H34N10. The number of aliphatic imine (C=N–C) groups is 1. The highest BCUT2D eigenvalue weighted by Crippen LogP contribution is 2.32. The van der Waals surface area contributed by atoms with Gasteiger partial charge in [-0.1, -0.05) is 18.9 Å². The lowest BCUT2D eigenvalue weighted by Gasteiger charge is -2.44. The first-order chi connectivity index (χ1) is 17.1. The van der Waals surface area contributed by atoms with Gasteiger partial charge >= 0.3 is 0 Å². The van der Waals surface area contributed by atoms with Gasteiger partial charge in [-0.05, 0) is 25.8 Å². The highest BCUT2D eigenvalue weighted by Gasteiger charge is 2.31. The molecular weight excluding hydrogens is 440 g/mol. The van der Waals surface area contributed by atoms with Crippen molar-refractivity contribution in [2.24, 2.45) is 4.99 Å². The molecule has 2 aliphatic heterocycles. The molecule has 1 saturated carbocycles. The highest BCUT2D eigenvalue weighted by atomic mass is 15.4. The molecule has 0 bridgehead atoms. The standard InChI is InChI=1S/C25H34N10/c1-19-22(20-5-4-8-28-17-20)23(31-24(27)30-19)33-11-15-35(16-12-33)25(29-18-26)34-13-9-32(10-14-34)21-6-2-3-7-21/h4-5,8,17,21H,2-3,6-7,9-16H2,1H3,(H2,27,30,31)/b29-25-. The van der Waals surface area contributed by atoms with Crippen LogP contribution in [0.4, 0.5) is 11.8 Å². The molecule has 35 heavy (non-hydrogen) atoms. The van der Waals surface area contributed by atoms with Crippen molar-refractivity contribution in [2.75, 3.05) is 63.0 Å². The Bertz CT molecular complexity index is 1070. The van der Waals surface area contributed by atoms with Crippen molar-refractivity contribution in [1.29, 1.82) is 5.26 Å². The van der Waals surface area contributed by atoms with Crippen molar-refractivity contribution in [3.05, 3.63) is 30.2 Å². The Kier molecular flexibility index (Phi) is 6.95. The molecule has 10 heteroatoms. The molecule has 184 valence electrons. The molecule has 0 amide bonds.